The molecule has 2 N–H and O–H groups in total. The van der Waals surface area contributed by atoms with Gasteiger partial charge in [0.1, 0.15) is 0 Å². The van der Waals surface area contributed by atoms with Crippen molar-refractivity contribution < 1.29 is 9.90 Å². The first-order valence-electron chi connectivity index (χ1n) is 6.61. The van der Waals surface area contributed by atoms with Crippen LogP contribution in [0.2, 0.25) is 0 Å². The van der Waals surface area contributed by atoms with Crippen molar-refractivity contribution in [3.05, 3.63) is 0 Å². The van der Waals surface area contributed by atoms with Crippen molar-refractivity contribution in [2.45, 2.75) is 64.4 Å². The maximum Gasteiger partial charge on any atom is 0.223 e. The number of rotatable bonds is 5. The molecule has 1 fully saturated rings. The molecule has 1 rings (SSSR count). The third-order valence-electron chi connectivity index (χ3n) is 3.73. The van der Waals surface area contributed by atoms with Crippen LogP contribution in [-0.4, -0.2) is 23.2 Å². The summed E-state index contributed by atoms with van der Waals surface area (Å²) in [5.41, 5.74) is -0.639. The van der Waals surface area contributed by atoms with Crippen LogP contribution in [0.1, 0.15) is 58.8 Å². The molecule has 1 aliphatic rings. The molecule has 1 saturated carbocycles. The summed E-state index contributed by atoms with van der Waals surface area (Å²) < 4.78 is 0. The smallest absolute Gasteiger partial charge is 0.223 e. The minimum atomic E-state index is -0.639. The third-order valence-corrected chi connectivity index (χ3v) is 3.73. The fourth-order valence-electron chi connectivity index (χ4n) is 2.44. The second-order valence-corrected chi connectivity index (χ2v) is 5.02. The largest absolute Gasteiger partial charge is 0.388 e. The van der Waals surface area contributed by atoms with Gasteiger partial charge in [0, 0.05) is 12.5 Å². The van der Waals surface area contributed by atoms with Crippen molar-refractivity contribution in [3.63, 3.8) is 0 Å². The van der Waals surface area contributed by atoms with E-state index in [4.69, 9.17) is 0 Å². The Labute approximate surface area is 98.6 Å². The molecule has 0 atom stereocenters. The highest BCUT2D eigenvalue weighted by atomic mass is 16.3. The predicted octanol–water partition coefficient (Wildman–Crippen LogP) is 2.23. The lowest BCUT2D eigenvalue weighted by Gasteiger charge is -2.32. The lowest BCUT2D eigenvalue weighted by atomic mass is 9.85. The molecule has 16 heavy (non-hydrogen) atoms. The van der Waals surface area contributed by atoms with Gasteiger partial charge in [0.05, 0.1) is 5.60 Å². The summed E-state index contributed by atoms with van der Waals surface area (Å²) in [6, 6.07) is 0. The van der Waals surface area contributed by atoms with Gasteiger partial charge < -0.3 is 10.4 Å². The molecule has 0 unspecified atom stereocenters. The van der Waals surface area contributed by atoms with Gasteiger partial charge >= 0.3 is 0 Å². The minimum Gasteiger partial charge on any atom is -0.388 e. The maximum absolute atomic E-state index is 11.8. The van der Waals surface area contributed by atoms with Crippen LogP contribution < -0.4 is 5.32 Å². The van der Waals surface area contributed by atoms with E-state index in [0.29, 0.717) is 6.54 Å². The molecule has 3 heteroatoms. The SMILES string of the molecule is CCC(CC)C(=O)NCC1(O)CCCCC1. The first-order valence-corrected chi connectivity index (χ1v) is 6.61. The highest BCUT2D eigenvalue weighted by Gasteiger charge is 2.30. The van der Waals surface area contributed by atoms with E-state index in [1.165, 1.54) is 6.42 Å². The average molecular weight is 227 g/mol. The van der Waals surface area contributed by atoms with Crippen LogP contribution >= 0.6 is 0 Å². The molecule has 0 bridgehead atoms. The summed E-state index contributed by atoms with van der Waals surface area (Å²) >= 11 is 0. The van der Waals surface area contributed by atoms with Crippen molar-refractivity contribution in [2.24, 2.45) is 5.92 Å². The highest BCUT2D eigenvalue weighted by molar-refractivity contribution is 5.78. The molecule has 0 saturated heterocycles. The van der Waals surface area contributed by atoms with Crippen molar-refractivity contribution in [1.29, 1.82) is 0 Å². The van der Waals surface area contributed by atoms with Gasteiger partial charge in [-0.25, -0.2) is 0 Å². The molecule has 0 radical (unpaired) electrons. The average Bonchev–Trinajstić information content (AvgIpc) is 2.29. The fraction of sp³-hybridized carbons (Fsp3) is 0.923. The van der Waals surface area contributed by atoms with Gasteiger partial charge in [-0.05, 0) is 25.7 Å². The monoisotopic (exact) mass is 227 g/mol. The zero-order valence-corrected chi connectivity index (χ0v) is 10.6. The number of nitrogens with one attached hydrogen (secondary N) is 1. The van der Waals surface area contributed by atoms with Crippen LogP contribution in [0.25, 0.3) is 0 Å². The number of hydrogen-bond acceptors (Lipinski definition) is 2. The molecule has 0 aliphatic heterocycles. The number of carbonyl (C=O) groups is 1. The Bertz CT molecular complexity index is 218. The maximum atomic E-state index is 11.8. The molecular weight excluding hydrogens is 202 g/mol. The van der Waals surface area contributed by atoms with Gasteiger partial charge in [-0.1, -0.05) is 33.1 Å². The van der Waals surface area contributed by atoms with E-state index in [0.717, 1.165) is 38.5 Å². The predicted molar refractivity (Wildman–Crippen MR) is 65.1 cm³/mol. The normalized spacial score (nSPS) is 19.8. The Morgan fingerprint density at radius 3 is 2.31 bits per heavy atom. The van der Waals surface area contributed by atoms with Crippen molar-refractivity contribution in [2.75, 3.05) is 6.54 Å². The summed E-state index contributed by atoms with van der Waals surface area (Å²) in [5.74, 6) is 0.205. The van der Waals surface area contributed by atoms with Crippen molar-refractivity contribution in [1.82, 2.24) is 5.32 Å². The molecule has 0 aromatic heterocycles. The van der Waals surface area contributed by atoms with Crippen LogP contribution in [0.5, 0.6) is 0 Å². The van der Waals surface area contributed by atoms with E-state index >= 15 is 0 Å². The number of hydrogen-bond donors (Lipinski definition) is 2. The summed E-state index contributed by atoms with van der Waals surface area (Å²) in [7, 11) is 0. The Balaban J connectivity index is 2.35. The van der Waals surface area contributed by atoms with Gasteiger partial charge in [-0.3, -0.25) is 4.79 Å². The highest BCUT2D eigenvalue weighted by Crippen LogP contribution is 2.27. The molecule has 0 spiro atoms. The molecule has 3 nitrogen and oxygen atoms in total. The van der Waals surface area contributed by atoms with E-state index in [1.54, 1.807) is 0 Å². The number of amides is 1. The Hall–Kier alpha value is -0.570. The van der Waals surface area contributed by atoms with Crippen molar-refractivity contribution >= 4 is 5.91 Å². The van der Waals surface area contributed by atoms with Crippen molar-refractivity contribution in [3.8, 4) is 0 Å². The van der Waals surface area contributed by atoms with Crippen LogP contribution in [0, 0.1) is 5.92 Å². The van der Waals surface area contributed by atoms with Crippen LogP contribution in [0.4, 0.5) is 0 Å². The van der Waals surface area contributed by atoms with E-state index in [1.807, 2.05) is 13.8 Å². The minimum absolute atomic E-state index is 0.101. The summed E-state index contributed by atoms with van der Waals surface area (Å²) in [5, 5.41) is 13.1. The Morgan fingerprint density at radius 1 is 1.25 bits per heavy atom. The lowest BCUT2D eigenvalue weighted by molar-refractivity contribution is -0.126. The molecule has 94 valence electrons. The van der Waals surface area contributed by atoms with Gasteiger partial charge in [0.2, 0.25) is 5.91 Å². The van der Waals surface area contributed by atoms with Gasteiger partial charge in [-0.2, -0.15) is 0 Å². The van der Waals surface area contributed by atoms with Crippen LogP contribution in [0.3, 0.4) is 0 Å². The Kier molecular flexibility index (Phi) is 5.26. The molecule has 0 aromatic rings. The fourth-order valence-corrected chi connectivity index (χ4v) is 2.44. The van der Waals surface area contributed by atoms with Crippen LogP contribution in [0.15, 0.2) is 0 Å². The summed E-state index contributed by atoms with van der Waals surface area (Å²) in [4.78, 5) is 11.8. The molecule has 0 heterocycles. The summed E-state index contributed by atoms with van der Waals surface area (Å²) in [6.45, 7) is 4.49. The second-order valence-electron chi connectivity index (χ2n) is 5.02. The second kappa shape index (κ2) is 6.24. The lowest BCUT2D eigenvalue weighted by Crippen LogP contribution is -2.45. The number of aliphatic hydroxyl groups is 1. The quantitative estimate of drug-likeness (QED) is 0.756. The van der Waals surface area contributed by atoms with E-state index in [-0.39, 0.29) is 11.8 Å². The topological polar surface area (TPSA) is 49.3 Å². The molecular formula is C13H25NO2. The van der Waals surface area contributed by atoms with E-state index < -0.39 is 5.60 Å². The van der Waals surface area contributed by atoms with E-state index in [9.17, 15) is 9.90 Å². The molecule has 1 aliphatic carbocycles. The van der Waals surface area contributed by atoms with Gasteiger partial charge in [0.25, 0.3) is 0 Å². The van der Waals surface area contributed by atoms with Gasteiger partial charge in [-0.15, -0.1) is 0 Å². The van der Waals surface area contributed by atoms with Gasteiger partial charge in [0.15, 0.2) is 0 Å². The van der Waals surface area contributed by atoms with Crippen LogP contribution in [-0.2, 0) is 4.79 Å². The first kappa shape index (κ1) is 13.5. The Morgan fingerprint density at radius 2 is 1.81 bits per heavy atom. The number of carbonyl (C=O) groups excluding carboxylic acids is 1. The zero-order chi connectivity index (χ0) is 12.0. The summed E-state index contributed by atoms with van der Waals surface area (Å²) in [6.07, 6.45) is 6.78. The van der Waals surface area contributed by atoms with E-state index in [2.05, 4.69) is 5.32 Å². The third kappa shape index (κ3) is 3.78. The zero-order valence-electron chi connectivity index (χ0n) is 10.6. The molecule has 0 aromatic carbocycles. The molecule has 1 amide bonds. The standard InChI is InChI=1S/C13H25NO2/c1-3-11(4-2)12(15)14-10-13(16)8-6-5-7-9-13/h11,16H,3-10H2,1-2H3,(H,14,15). The first-order chi connectivity index (χ1) is 7.61.